The number of rotatable bonds is 3. The fraction of sp³-hybridized carbons (Fsp3) is 0.250. The maximum Gasteiger partial charge on any atom is 0.322 e. The zero-order valence-corrected chi connectivity index (χ0v) is 12.9. The molecule has 1 amide bonds. The Labute approximate surface area is 126 Å². The number of halogens is 2. The van der Waals surface area contributed by atoms with Crippen LogP contribution in [0.5, 0.6) is 0 Å². The Balaban J connectivity index is 1.76. The SMILES string of the molecule is O=C(Nc1nnc(C2CC2)o1)c1ccc(Br)cc1Br. The summed E-state index contributed by atoms with van der Waals surface area (Å²) in [4.78, 5) is 12.1. The van der Waals surface area contributed by atoms with Crippen LogP contribution in [0.15, 0.2) is 31.6 Å². The summed E-state index contributed by atoms with van der Waals surface area (Å²) in [7, 11) is 0. The van der Waals surface area contributed by atoms with Crippen molar-refractivity contribution in [1.82, 2.24) is 10.2 Å². The number of carbonyl (C=O) groups is 1. The molecule has 1 fully saturated rings. The molecule has 0 atom stereocenters. The second-order valence-electron chi connectivity index (χ2n) is 4.30. The van der Waals surface area contributed by atoms with Crippen LogP contribution in [0.3, 0.4) is 0 Å². The van der Waals surface area contributed by atoms with Crippen LogP contribution in [-0.4, -0.2) is 16.1 Å². The minimum Gasteiger partial charge on any atom is -0.408 e. The third-order valence-electron chi connectivity index (χ3n) is 2.76. The van der Waals surface area contributed by atoms with Crippen LogP contribution in [0.25, 0.3) is 0 Å². The molecule has 0 bridgehead atoms. The molecule has 0 radical (unpaired) electrons. The van der Waals surface area contributed by atoms with Gasteiger partial charge in [0.25, 0.3) is 5.91 Å². The van der Waals surface area contributed by atoms with Crippen molar-refractivity contribution in [3.05, 3.63) is 38.6 Å². The van der Waals surface area contributed by atoms with E-state index in [9.17, 15) is 4.79 Å². The molecule has 0 aliphatic heterocycles. The van der Waals surface area contributed by atoms with Gasteiger partial charge in [0, 0.05) is 14.9 Å². The number of hydrogen-bond acceptors (Lipinski definition) is 4. The molecule has 7 heteroatoms. The molecule has 3 rings (SSSR count). The number of nitrogens with zero attached hydrogens (tertiary/aromatic N) is 2. The van der Waals surface area contributed by atoms with Crippen LogP contribution < -0.4 is 5.32 Å². The first-order chi connectivity index (χ1) is 9.13. The Morgan fingerprint density at radius 2 is 2.11 bits per heavy atom. The molecule has 1 aromatic carbocycles. The van der Waals surface area contributed by atoms with Crippen molar-refractivity contribution < 1.29 is 9.21 Å². The van der Waals surface area contributed by atoms with Crippen LogP contribution >= 0.6 is 31.9 Å². The first-order valence-corrected chi connectivity index (χ1v) is 7.32. The summed E-state index contributed by atoms with van der Waals surface area (Å²) in [6.07, 6.45) is 2.15. The summed E-state index contributed by atoms with van der Waals surface area (Å²) in [5.74, 6) is 0.688. The van der Waals surface area contributed by atoms with Crippen molar-refractivity contribution in [2.75, 3.05) is 5.32 Å². The monoisotopic (exact) mass is 385 g/mol. The predicted molar refractivity (Wildman–Crippen MR) is 76.1 cm³/mol. The second-order valence-corrected chi connectivity index (χ2v) is 6.07. The summed E-state index contributed by atoms with van der Waals surface area (Å²) in [6.45, 7) is 0. The molecular weight excluding hydrogens is 378 g/mol. The number of nitrogens with one attached hydrogen (secondary N) is 1. The van der Waals surface area contributed by atoms with Gasteiger partial charge in [-0.15, -0.1) is 5.10 Å². The molecule has 0 unspecified atom stereocenters. The van der Waals surface area contributed by atoms with Crippen molar-refractivity contribution in [1.29, 1.82) is 0 Å². The van der Waals surface area contributed by atoms with Gasteiger partial charge in [-0.1, -0.05) is 21.0 Å². The molecule has 2 aromatic rings. The van der Waals surface area contributed by atoms with E-state index in [0.717, 1.165) is 17.3 Å². The molecule has 1 saturated carbocycles. The fourth-order valence-corrected chi connectivity index (χ4v) is 2.85. The Hall–Kier alpha value is -1.21. The average Bonchev–Trinajstić information content (AvgIpc) is 3.10. The number of amides is 1. The highest BCUT2D eigenvalue weighted by atomic mass is 79.9. The molecule has 1 aliphatic carbocycles. The molecule has 1 N–H and O–H groups in total. The van der Waals surface area contributed by atoms with Crippen LogP contribution in [0.2, 0.25) is 0 Å². The molecular formula is C12H9Br2N3O2. The molecule has 1 heterocycles. The Bertz CT molecular complexity index is 638. The predicted octanol–water partition coefficient (Wildman–Crippen LogP) is 3.72. The highest BCUT2D eigenvalue weighted by Crippen LogP contribution is 2.39. The Morgan fingerprint density at radius 1 is 1.32 bits per heavy atom. The lowest BCUT2D eigenvalue weighted by molar-refractivity contribution is 0.102. The van der Waals surface area contributed by atoms with Crippen LogP contribution in [0, 0.1) is 0 Å². The van der Waals surface area contributed by atoms with E-state index in [0.29, 0.717) is 21.8 Å². The van der Waals surface area contributed by atoms with Crippen molar-refractivity contribution >= 4 is 43.8 Å². The number of aromatic nitrogens is 2. The van der Waals surface area contributed by atoms with E-state index in [1.165, 1.54) is 0 Å². The van der Waals surface area contributed by atoms with Crippen molar-refractivity contribution in [3.8, 4) is 0 Å². The van der Waals surface area contributed by atoms with Crippen LogP contribution in [0.4, 0.5) is 6.01 Å². The van der Waals surface area contributed by atoms with E-state index in [-0.39, 0.29) is 11.9 Å². The van der Waals surface area contributed by atoms with Gasteiger partial charge in [-0.25, -0.2) is 0 Å². The summed E-state index contributed by atoms with van der Waals surface area (Å²) in [5.41, 5.74) is 0.509. The maximum atomic E-state index is 12.1. The second kappa shape index (κ2) is 5.05. The third kappa shape index (κ3) is 2.87. The Kier molecular flexibility index (Phi) is 3.40. The molecule has 1 aliphatic rings. The number of benzene rings is 1. The summed E-state index contributed by atoms with van der Waals surface area (Å²) in [6, 6.07) is 5.45. The molecule has 5 nitrogen and oxygen atoms in total. The lowest BCUT2D eigenvalue weighted by atomic mass is 10.2. The van der Waals surface area contributed by atoms with Gasteiger partial charge in [0.1, 0.15) is 0 Å². The molecule has 0 spiro atoms. The van der Waals surface area contributed by atoms with Gasteiger partial charge in [0.05, 0.1) is 5.56 Å². The van der Waals surface area contributed by atoms with E-state index in [1.807, 2.05) is 0 Å². The van der Waals surface area contributed by atoms with Gasteiger partial charge in [0.2, 0.25) is 5.89 Å². The summed E-state index contributed by atoms with van der Waals surface area (Å²) in [5, 5.41) is 10.3. The topological polar surface area (TPSA) is 68.0 Å². The molecule has 98 valence electrons. The van der Waals surface area contributed by atoms with E-state index in [1.54, 1.807) is 18.2 Å². The van der Waals surface area contributed by atoms with Gasteiger partial charge >= 0.3 is 6.01 Å². The largest absolute Gasteiger partial charge is 0.408 e. The quantitative estimate of drug-likeness (QED) is 0.872. The smallest absolute Gasteiger partial charge is 0.322 e. The summed E-state index contributed by atoms with van der Waals surface area (Å²) < 4.78 is 6.97. The fourth-order valence-electron chi connectivity index (χ4n) is 1.62. The minimum absolute atomic E-state index is 0.140. The van der Waals surface area contributed by atoms with Gasteiger partial charge in [-0.3, -0.25) is 10.1 Å². The lowest BCUT2D eigenvalue weighted by Gasteiger charge is -2.03. The average molecular weight is 387 g/mol. The van der Waals surface area contributed by atoms with E-state index in [2.05, 4.69) is 47.4 Å². The third-order valence-corrected chi connectivity index (χ3v) is 3.91. The normalized spacial score (nSPS) is 14.4. The lowest BCUT2D eigenvalue weighted by Crippen LogP contribution is -2.12. The summed E-state index contributed by atoms with van der Waals surface area (Å²) >= 11 is 6.68. The minimum atomic E-state index is -0.287. The van der Waals surface area contributed by atoms with Crippen molar-refractivity contribution in [3.63, 3.8) is 0 Å². The molecule has 1 aromatic heterocycles. The van der Waals surface area contributed by atoms with Gasteiger partial charge in [-0.2, -0.15) is 0 Å². The zero-order chi connectivity index (χ0) is 13.4. The molecule has 19 heavy (non-hydrogen) atoms. The van der Waals surface area contributed by atoms with E-state index in [4.69, 9.17) is 4.42 Å². The van der Waals surface area contributed by atoms with E-state index >= 15 is 0 Å². The van der Waals surface area contributed by atoms with Crippen LogP contribution in [-0.2, 0) is 0 Å². The Morgan fingerprint density at radius 3 is 2.79 bits per heavy atom. The van der Waals surface area contributed by atoms with Crippen molar-refractivity contribution in [2.24, 2.45) is 0 Å². The van der Waals surface area contributed by atoms with Crippen molar-refractivity contribution in [2.45, 2.75) is 18.8 Å². The van der Waals surface area contributed by atoms with Crippen LogP contribution in [0.1, 0.15) is 35.0 Å². The molecule has 0 saturated heterocycles. The van der Waals surface area contributed by atoms with Gasteiger partial charge < -0.3 is 4.42 Å². The first kappa shape index (κ1) is 12.8. The van der Waals surface area contributed by atoms with E-state index < -0.39 is 0 Å². The zero-order valence-electron chi connectivity index (χ0n) is 9.69. The first-order valence-electron chi connectivity index (χ1n) is 5.73. The number of anilines is 1. The van der Waals surface area contributed by atoms with Gasteiger partial charge in [0.15, 0.2) is 0 Å². The van der Waals surface area contributed by atoms with Gasteiger partial charge in [-0.05, 0) is 47.0 Å². The number of hydrogen-bond donors (Lipinski definition) is 1. The highest BCUT2D eigenvalue weighted by molar-refractivity contribution is 9.11. The highest BCUT2D eigenvalue weighted by Gasteiger charge is 2.29. The number of carbonyl (C=O) groups excluding carboxylic acids is 1. The maximum absolute atomic E-state index is 12.1. The standard InChI is InChI=1S/C12H9Br2N3O2/c13-7-3-4-8(9(14)5-7)10(18)15-12-17-16-11(19-12)6-1-2-6/h3-6H,1-2H2,(H,15,17,18).